The van der Waals surface area contributed by atoms with Crippen LogP contribution in [0.4, 0.5) is 0 Å². The first-order valence-electron chi connectivity index (χ1n) is 9.25. The third-order valence-corrected chi connectivity index (χ3v) is 6.71. The molecular weight excluding hydrogens is 406 g/mol. The van der Waals surface area contributed by atoms with E-state index in [2.05, 4.69) is 5.32 Å². The number of furan rings is 1. The van der Waals surface area contributed by atoms with Crippen LogP contribution in [0.15, 0.2) is 76.2 Å². The summed E-state index contributed by atoms with van der Waals surface area (Å²) in [7, 11) is -0.730. The molecule has 1 aromatic heterocycles. The van der Waals surface area contributed by atoms with Gasteiger partial charge in [0.25, 0.3) is 0 Å². The first-order chi connectivity index (χ1) is 14.4. The van der Waals surface area contributed by atoms with E-state index >= 15 is 0 Å². The Kier molecular flexibility index (Phi) is 6.79. The van der Waals surface area contributed by atoms with Crippen molar-refractivity contribution in [1.82, 2.24) is 5.32 Å². The van der Waals surface area contributed by atoms with Crippen LogP contribution < -0.4 is 14.8 Å². The lowest BCUT2D eigenvalue weighted by atomic mass is 10.1. The number of benzene rings is 2. The molecule has 8 heteroatoms. The Bertz CT molecular complexity index is 1060. The molecule has 2 aromatic carbocycles. The lowest BCUT2D eigenvalue weighted by Crippen LogP contribution is -2.32. The van der Waals surface area contributed by atoms with E-state index in [-0.39, 0.29) is 29.5 Å². The number of ether oxygens (including phenoxy) is 2. The van der Waals surface area contributed by atoms with E-state index in [4.69, 9.17) is 13.9 Å². The molecule has 30 heavy (non-hydrogen) atoms. The second kappa shape index (κ2) is 9.49. The maximum atomic E-state index is 13.2. The van der Waals surface area contributed by atoms with Crippen LogP contribution in [0.2, 0.25) is 0 Å². The number of methoxy groups -OCH3 is 2. The summed E-state index contributed by atoms with van der Waals surface area (Å²) in [6, 6.07) is 16.4. The molecule has 1 unspecified atom stereocenters. The van der Waals surface area contributed by atoms with E-state index in [1.807, 2.05) is 0 Å². The fourth-order valence-corrected chi connectivity index (χ4v) is 4.55. The van der Waals surface area contributed by atoms with Gasteiger partial charge in [0, 0.05) is 6.54 Å². The zero-order chi connectivity index (χ0) is 21.6. The smallest absolute Gasteiger partial charge is 0.224 e. The van der Waals surface area contributed by atoms with Crippen molar-refractivity contribution in [2.75, 3.05) is 20.8 Å². The summed E-state index contributed by atoms with van der Waals surface area (Å²) in [5.74, 6) is 1.22. The molecule has 7 nitrogen and oxygen atoms in total. The number of rotatable bonds is 9. The van der Waals surface area contributed by atoms with Gasteiger partial charge in [-0.1, -0.05) is 12.1 Å². The number of amides is 1. The molecule has 0 fully saturated rings. The Hall–Kier alpha value is -3.26. The van der Waals surface area contributed by atoms with E-state index in [1.54, 1.807) is 55.6 Å². The minimum Gasteiger partial charge on any atom is -0.497 e. The van der Waals surface area contributed by atoms with E-state index in [0.29, 0.717) is 11.5 Å². The topological polar surface area (TPSA) is 94.8 Å². The average Bonchev–Trinajstić information content (AvgIpc) is 3.28. The van der Waals surface area contributed by atoms with Gasteiger partial charge >= 0.3 is 0 Å². The van der Waals surface area contributed by atoms with Crippen LogP contribution in [0.3, 0.4) is 0 Å². The van der Waals surface area contributed by atoms with Crippen LogP contribution in [-0.4, -0.2) is 35.1 Å². The highest BCUT2D eigenvalue weighted by atomic mass is 32.2. The predicted molar refractivity (Wildman–Crippen MR) is 111 cm³/mol. The Labute approximate surface area is 175 Å². The second-order valence-electron chi connectivity index (χ2n) is 6.55. The zero-order valence-corrected chi connectivity index (χ0v) is 17.5. The van der Waals surface area contributed by atoms with Crippen LogP contribution in [0.5, 0.6) is 11.5 Å². The largest absolute Gasteiger partial charge is 0.497 e. The lowest BCUT2D eigenvalue weighted by Gasteiger charge is -2.17. The summed E-state index contributed by atoms with van der Waals surface area (Å²) in [6.07, 6.45) is 1.53. The number of carbonyl (C=O) groups excluding carboxylic acids is 1. The summed E-state index contributed by atoms with van der Waals surface area (Å²) in [5.41, 5.74) is 0.792. The SMILES string of the molecule is COc1ccc(CC(=O)NCC(c2ccco2)S(=O)(=O)c2ccc(OC)cc2)cc1. The maximum absolute atomic E-state index is 13.2. The zero-order valence-electron chi connectivity index (χ0n) is 16.7. The van der Waals surface area contributed by atoms with Gasteiger partial charge in [-0.25, -0.2) is 8.42 Å². The quantitative estimate of drug-likeness (QED) is 0.561. The lowest BCUT2D eigenvalue weighted by molar-refractivity contribution is -0.120. The van der Waals surface area contributed by atoms with Crippen molar-refractivity contribution in [2.24, 2.45) is 0 Å². The molecule has 0 aliphatic carbocycles. The summed E-state index contributed by atoms with van der Waals surface area (Å²) >= 11 is 0. The molecule has 1 atom stereocenters. The highest BCUT2D eigenvalue weighted by Gasteiger charge is 2.31. The molecule has 0 bridgehead atoms. The van der Waals surface area contributed by atoms with Gasteiger partial charge in [0.2, 0.25) is 5.91 Å². The first kappa shape index (κ1) is 21.4. The molecule has 0 saturated carbocycles. The minimum atomic E-state index is -3.81. The third kappa shape index (κ3) is 5.01. The number of hydrogen-bond donors (Lipinski definition) is 1. The van der Waals surface area contributed by atoms with Crippen LogP contribution in [-0.2, 0) is 21.1 Å². The van der Waals surface area contributed by atoms with E-state index < -0.39 is 15.1 Å². The van der Waals surface area contributed by atoms with Gasteiger partial charge in [-0.15, -0.1) is 0 Å². The molecule has 1 amide bonds. The summed E-state index contributed by atoms with van der Waals surface area (Å²) in [5, 5.41) is 1.66. The molecule has 0 radical (unpaired) electrons. The van der Waals surface area contributed by atoms with E-state index in [1.165, 1.54) is 25.5 Å². The number of carbonyl (C=O) groups is 1. The van der Waals surface area contributed by atoms with Gasteiger partial charge in [-0.2, -0.15) is 0 Å². The normalized spacial score (nSPS) is 12.2. The minimum absolute atomic E-state index is 0.114. The summed E-state index contributed by atoms with van der Waals surface area (Å²) in [4.78, 5) is 12.5. The molecule has 158 valence electrons. The molecule has 1 heterocycles. The molecule has 0 aliphatic rings. The molecule has 3 rings (SSSR count). The molecular formula is C22H23NO6S. The number of sulfone groups is 1. The monoisotopic (exact) mass is 429 g/mol. The molecule has 0 spiro atoms. The second-order valence-corrected chi connectivity index (χ2v) is 8.68. The van der Waals surface area contributed by atoms with Gasteiger partial charge in [0.15, 0.2) is 9.84 Å². The fourth-order valence-electron chi connectivity index (χ4n) is 2.97. The number of hydrogen-bond acceptors (Lipinski definition) is 6. The highest BCUT2D eigenvalue weighted by molar-refractivity contribution is 7.91. The molecule has 3 aromatic rings. The Balaban J connectivity index is 1.74. The van der Waals surface area contributed by atoms with Crippen LogP contribution in [0.1, 0.15) is 16.6 Å². The van der Waals surface area contributed by atoms with E-state index in [0.717, 1.165) is 5.56 Å². The van der Waals surface area contributed by atoms with Gasteiger partial charge in [-0.3, -0.25) is 4.79 Å². The number of nitrogens with one attached hydrogen (secondary N) is 1. The van der Waals surface area contributed by atoms with Crippen LogP contribution >= 0.6 is 0 Å². The van der Waals surface area contributed by atoms with Crippen molar-refractivity contribution in [3.63, 3.8) is 0 Å². The van der Waals surface area contributed by atoms with Crippen molar-refractivity contribution < 1.29 is 27.1 Å². The van der Waals surface area contributed by atoms with Crippen molar-refractivity contribution >= 4 is 15.7 Å². The standard InChI is InChI=1S/C22H23NO6S/c1-27-17-7-5-16(6-8-17)14-22(24)23-15-21(20-4-3-13-29-20)30(25,26)19-11-9-18(28-2)10-12-19/h3-13,21H,14-15H2,1-2H3,(H,23,24). The summed E-state index contributed by atoms with van der Waals surface area (Å²) in [6.45, 7) is -0.114. The molecule has 0 aliphatic heterocycles. The third-order valence-electron chi connectivity index (χ3n) is 4.63. The fraction of sp³-hybridized carbons (Fsp3) is 0.227. The van der Waals surface area contributed by atoms with Crippen molar-refractivity contribution in [3.05, 3.63) is 78.3 Å². The molecule has 1 N–H and O–H groups in total. The van der Waals surface area contributed by atoms with Crippen molar-refractivity contribution in [2.45, 2.75) is 16.6 Å². The first-order valence-corrected chi connectivity index (χ1v) is 10.8. The van der Waals surface area contributed by atoms with Gasteiger partial charge in [0.05, 0.1) is 31.8 Å². The Morgan fingerprint density at radius 3 is 2.10 bits per heavy atom. The predicted octanol–water partition coefficient (Wildman–Crippen LogP) is 3.17. The highest BCUT2D eigenvalue weighted by Crippen LogP contribution is 2.30. The van der Waals surface area contributed by atoms with Gasteiger partial charge in [-0.05, 0) is 54.1 Å². The van der Waals surface area contributed by atoms with Crippen molar-refractivity contribution in [1.29, 1.82) is 0 Å². The van der Waals surface area contributed by atoms with Crippen LogP contribution in [0, 0.1) is 0 Å². The Morgan fingerprint density at radius 1 is 0.967 bits per heavy atom. The van der Waals surface area contributed by atoms with Crippen molar-refractivity contribution in [3.8, 4) is 11.5 Å². The Morgan fingerprint density at radius 2 is 1.57 bits per heavy atom. The van der Waals surface area contributed by atoms with Gasteiger partial charge < -0.3 is 19.2 Å². The van der Waals surface area contributed by atoms with Crippen LogP contribution in [0.25, 0.3) is 0 Å². The van der Waals surface area contributed by atoms with E-state index in [9.17, 15) is 13.2 Å². The maximum Gasteiger partial charge on any atom is 0.224 e. The average molecular weight is 429 g/mol. The molecule has 0 saturated heterocycles. The summed E-state index contributed by atoms with van der Waals surface area (Å²) < 4.78 is 42.0. The van der Waals surface area contributed by atoms with Gasteiger partial charge in [0.1, 0.15) is 22.5 Å².